The lowest BCUT2D eigenvalue weighted by atomic mass is 10.1. The zero-order valence-electron chi connectivity index (χ0n) is 17.3. The highest BCUT2D eigenvalue weighted by atomic mass is 35.5. The number of fused-ring (bicyclic) bond motifs is 1. The number of hydrogen-bond acceptors (Lipinski definition) is 7. The van der Waals surface area contributed by atoms with E-state index in [1.165, 1.54) is 17.0 Å². The summed E-state index contributed by atoms with van der Waals surface area (Å²) in [5, 5.41) is 11.4. The molecule has 0 bridgehead atoms. The van der Waals surface area contributed by atoms with Gasteiger partial charge in [0, 0.05) is 44.4 Å². The zero-order chi connectivity index (χ0) is 23.5. The molecule has 8 nitrogen and oxygen atoms in total. The van der Waals surface area contributed by atoms with E-state index in [-0.39, 0.29) is 38.2 Å². The molecule has 1 aliphatic rings. The van der Waals surface area contributed by atoms with Crippen LogP contribution in [0, 0.1) is 21.7 Å². The first-order chi connectivity index (χ1) is 15.8. The van der Waals surface area contributed by atoms with Crippen molar-refractivity contribution in [3.8, 4) is 0 Å². The predicted octanol–water partition coefficient (Wildman–Crippen LogP) is 4.51. The van der Waals surface area contributed by atoms with E-state index in [9.17, 15) is 23.7 Å². The van der Waals surface area contributed by atoms with E-state index in [1.807, 2.05) is 0 Å². The number of carbonyl (C=O) groups is 1. The number of anilines is 1. The number of aromatic nitrogens is 1. The fourth-order valence-electron chi connectivity index (χ4n) is 3.56. The number of ether oxygens (including phenoxy) is 1. The molecule has 33 heavy (non-hydrogen) atoms. The lowest BCUT2D eigenvalue weighted by Crippen LogP contribution is -2.39. The van der Waals surface area contributed by atoms with E-state index in [0.717, 1.165) is 42.6 Å². The topological polar surface area (TPSA) is 88.8 Å². The number of hydrogen-bond donors (Lipinski definition) is 0. The Bertz CT molecular complexity index is 1200. The summed E-state index contributed by atoms with van der Waals surface area (Å²) in [5.41, 5.74) is -0.399. The number of amides is 1. The van der Waals surface area contributed by atoms with E-state index < -0.39 is 22.5 Å². The Balaban J connectivity index is 1.66. The third-order valence-electron chi connectivity index (χ3n) is 5.23. The molecule has 1 fully saturated rings. The molecule has 1 aliphatic heterocycles. The van der Waals surface area contributed by atoms with Gasteiger partial charge in [0.25, 0.3) is 11.6 Å². The largest absolute Gasteiger partial charge is 0.379 e. The highest BCUT2D eigenvalue weighted by Gasteiger charge is 2.26. The van der Waals surface area contributed by atoms with Crippen molar-refractivity contribution < 1.29 is 23.2 Å². The molecule has 0 aliphatic carbocycles. The molecule has 12 heteroatoms. The molecule has 4 rings (SSSR count). The van der Waals surface area contributed by atoms with E-state index in [2.05, 4.69) is 9.88 Å². The molecule has 0 N–H and O–H groups in total. The van der Waals surface area contributed by atoms with Gasteiger partial charge in [-0.1, -0.05) is 22.9 Å². The van der Waals surface area contributed by atoms with E-state index in [1.54, 1.807) is 0 Å². The normalized spacial score (nSPS) is 14.5. The van der Waals surface area contributed by atoms with Crippen molar-refractivity contribution in [3.63, 3.8) is 0 Å². The van der Waals surface area contributed by atoms with Crippen molar-refractivity contribution in [2.75, 3.05) is 44.3 Å². The van der Waals surface area contributed by atoms with Crippen molar-refractivity contribution in [1.29, 1.82) is 0 Å². The van der Waals surface area contributed by atoms with Crippen LogP contribution < -0.4 is 4.90 Å². The van der Waals surface area contributed by atoms with Gasteiger partial charge >= 0.3 is 0 Å². The third kappa shape index (κ3) is 5.27. The van der Waals surface area contributed by atoms with Gasteiger partial charge in [0.1, 0.15) is 11.3 Å². The van der Waals surface area contributed by atoms with Gasteiger partial charge in [-0.25, -0.2) is 13.8 Å². The minimum absolute atomic E-state index is 0.0436. The first-order valence-electron chi connectivity index (χ1n) is 10.1. The molecule has 0 radical (unpaired) electrons. The maximum Gasteiger partial charge on any atom is 0.270 e. The van der Waals surface area contributed by atoms with Gasteiger partial charge in [-0.2, -0.15) is 0 Å². The molecule has 174 valence electrons. The van der Waals surface area contributed by atoms with Crippen LogP contribution in [0.4, 0.5) is 19.6 Å². The molecule has 1 saturated heterocycles. The van der Waals surface area contributed by atoms with E-state index >= 15 is 0 Å². The molecule has 0 saturated carbocycles. The number of nitro benzene ring substituents is 1. The molecule has 2 heterocycles. The van der Waals surface area contributed by atoms with Crippen LogP contribution in [-0.4, -0.2) is 60.1 Å². The second kappa shape index (κ2) is 10.0. The second-order valence-corrected chi connectivity index (χ2v) is 8.83. The van der Waals surface area contributed by atoms with Crippen LogP contribution in [0.25, 0.3) is 10.2 Å². The Morgan fingerprint density at radius 1 is 1.27 bits per heavy atom. The van der Waals surface area contributed by atoms with Gasteiger partial charge in [-0.05, 0) is 18.6 Å². The van der Waals surface area contributed by atoms with E-state index in [0.29, 0.717) is 26.2 Å². The van der Waals surface area contributed by atoms with Gasteiger partial charge < -0.3 is 4.74 Å². The van der Waals surface area contributed by atoms with Crippen molar-refractivity contribution in [2.24, 2.45) is 0 Å². The average molecular weight is 497 g/mol. The number of non-ortho nitro benzene ring substituents is 1. The predicted molar refractivity (Wildman–Crippen MR) is 121 cm³/mol. The van der Waals surface area contributed by atoms with Crippen LogP contribution in [0.15, 0.2) is 30.3 Å². The number of halogens is 3. The monoisotopic (exact) mass is 496 g/mol. The number of rotatable bonds is 7. The summed E-state index contributed by atoms with van der Waals surface area (Å²) >= 11 is 7.15. The number of benzene rings is 2. The Morgan fingerprint density at radius 3 is 2.76 bits per heavy atom. The van der Waals surface area contributed by atoms with Gasteiger partial charge in [0.05, 0.1) is 33.4 Å². The summed E-state index contributed by atoms with van der Waals surface area (Å²) in [7, 11) is 0. The number of carbonyl (C=O) groups excluding carboxylic acids is 1. The Morgan fingerprint density at radius 2 is 2.03 bits per heavy atom. The van der Waals surface area contributed by atoms with Gasteiger partial charge in [0.2, 0.25) is 0 Å². The quantitative estimate of drug-likeness (QED) is 0.353. The number of nitrogens with zero attached hydrogens (tertiary/aromatic N) is 4. The molecule has 1 aromatic heterocycles. The van der Waals surface area contributed by atoms with Crippen LogP contribution >= 0.6 is 22.9 Å². The molecular weight excluding hydrogens is 478 g/mol. The highest BCUT2D eigenvalue weighted by molar-refractivity contribution is 7.22. The number of nitro groups is 1. The van der Waals surface area contributed by atoms with Crippen molar-refractivity contribution in [2.45, 2.75) is 6.42 Å². The Kier molecular flexibility index (Phi) is 7.13. The highest BCUT2D eigenvalue weighted by Crippen LogP contribution is 2.33. The fourth-order valence-corrected chi connectivity index (χ4v) is 4.79. The van der Waals surface area contributed by atoms with Gasteiger partial charge in [0.15, 0.2) is 10.9 Å². The number of morpholine rings is 1. The standard InChI is InChI=1S/C21H19ClF2N4O4S/c22-16-3-2-14(28(30)31)12-15(16)20(29)27(5-1-4-26-6-8-32-9-7-26)21-25-19-17(24)10-13(23)11-18(19)33-21/h2-3,10-12H,1,4-9H2. The minimum Gasteiger partial charge on any atom is -0.379 e. The number of thiazole rings is 1. The molecule has 0 spiro atoms. The summed E-state index contributed by atoms with van der Waals surface area (Å²) < 4.78 is 33.5. The van der Waals surface area contributed by atoms with Crippen molar-refractivity contribution >= 4 is 49.9 Å². The smallest absolute Gasteiger partial charge is 0.270 e. The molecule has 0 unspecified atom stereocenters. The van der Waals surface area contributed by atoms with Crippen LogP contribution in [0.3, 0.4) is 0 Å². The lowest BCUT2D eigenvalue weighted by Gasteiger charge is -2.27. The Hall–Kier alpha value is -2.73. The maximum absolute atomic E-state index is 14.2. The first kappa shape index (κ1) is 23.4. The summed E-state index contributed by atoms with van der Waals surface area (Å²) in [6, 6.07) is 5.47. The minimum atomic E-state index is -0.832. The van der Waals surface area contributed by atoms with Crippen LogP contribution in [-0.2, 0) is 4.74 Å². The first-order valence-corrected chi connectivity index (χ1v) is 11.3. The van der Waals surface area contributed by atoms with Gasteiger partial charge in [-0.15, -0.1) is 0 Å². The van der Waals surface area contributed by atoms with Crippen LogP contribution in [0.5, 0.6) is 0 Å². The summed E-state index contributed by atoms with van der Waals surface area (Å²) in [6.07, 6.45) is 0.561. The van der Waals surface area contributed by atoms with Crippen molar-refractivity contribution in [1.82, 2.24) is 9.88 Å². The fraction of sp³-hybridized carbons (Fsp3) is 0.333. The Labute approximate surface area is 196 Å². The van der Waals surface area contributed by atoms with Gasteiger partial charge in [-0.3, -0.25) is 24.7 Å². The van der Waals surface area contributed by atoms with Crippen LogP contribution in [0.1, 0.15) is 16.8 Å². The lowest BCUT2D eigenvalue weighted by molar-refractivity contribution is -0.384. The molecule has 0 atom stereocenters. The molecule has 2 aromatic carbocycles. The zero-order valence-corrected chi connectivity index (χ0v) is 18.9. The summed E-state index contributed by atoms with van der Waals surface area (Å²) in [4.78, 5) is 31.7. The second-order valence-electron chi connectivity index (χ2n) is 7.42. The maximum atomic E-state index is 14.2. The SMILES string of the molecule is O=C(c1cc([N+](=O)[O-])ccc1Cl)N(CCCN1CCOCC1)c1nc2c(F)cc(F)cc2s1. The third-order valence-corrected chi connectivity index (χ3v) is 6.58. The average Bonchev–Trinajstić information content (AvgIpc) is 3.21. The molecule has 3 aromatic rings. The van der Waals surface area contributed by atoms with Crippen molar-refractivity contribution in [3.05, 3.63) is 62.7 Å². The van der Waals surface area contributed by atoms with E-state index in [4.69, 9.17) is 16.3 Å². The molecule has 1 amide bonds. The summed E-state index contributed by atoms with van der Waals surface area (Å²) in [5.74, 6) is -2.19. The molecular formula is C21H19ClF2N4O4S. The van der Waals surface area contributed by atoms with Crippen LogP contribution in [0.2, 0.25) is 5.02 Å². The summed E-state index contributed by atoms with van der Waals surface area (Å²) in [6.45, 7) is 3.71.